The minimum Gasteiger partial charge on any atom is -0.272 e. The molecule has 3 heteroatoms. The second-order valence-corrected chi connectivity index (χ2v) is 2.98. The predicted molar refractivity (Wildman–Crippen MR) is 35.8 cm³/mol. The molecule has 0 bridgehead atoms. The van der Waals surface area contributed by atoms with Gasteiger partial charge < -0.3 is 0 Å². The van der Waals surface area contributed by atoms with Crippen molar-refractivity contribution >= 4 is 5.91 Å². The maximum Gasteiger partial charge on any atom is 0.253 e. The number of piperidine rings is 1. The Labute approximate surface area is 59.9 Å². The second-order valence-electron chi connectivity index (χ2n) is 2.98. The van der Waals surface area contributed by atoms with Gasteiger partial charge >= 0.3 is 0 Å². The minimum atomic E-state index is -0.362. The molecule has 1 amide bonds. The van der Waals surface area contributed by atoms with Crippen LogP contribution in [0.15, 0.2) is 0 Å². The number of nitrogens with zero attached hydrogens (tertiary/aromatic N) is 1. The Morgan fingerprint density at radius 2 is 2.10 bits per heavy atom. The highest BCUT2D eigenvalue weighted by Crippen LogP contribution is 2.22. The van der Waals surface area contributed by atoms with Gasteiger partial charge in [0.2, 0.25) is 0 Å². The van der Waals surface area contributed by atoms with Crippen LogP contribution < -0.4 is 0 Å². The van der Waals surface area contributed by atoms with Crippen molar-refractivity contribution in [2.75, 3.05) is 0 Å². The summed E-state index contributed by atoms with van der Waals surface area (Å²) in [5.74, 6) is -0.486. The standard InChI is InChI=1S/C7H12FNO/c1-5-3-4-6(2)9(8)7(5)10/h5-6H,3-4H2,1-2H3. The highest BCUT2D eigenvalue weighted by Gasteiger charge is 2.30. The molecular weight excluding hydrogens is 133 g/mol. The van der Waals surface area contributed by atoms with Crippen LogP contribution in [0.1, 0.15) is 26.7 Å². The SMILES string of the molecule is CC1CCC(C)N(F)C1=O. The molecule has 1 aliphatic heterocycles. The molecule has 0 radical (unpaired) electrons. The van der Waals surface area contributed by atoms with Crippen LogP contribution in [0.2, 0.25) is 0 Å². The molecule has 1 rings (SSSR count). The van der Waals surface area contributed by atoms with Gasteiger partial charge in [-0.2, -0.15) is 5.12 Å². The fourth-order valence-electron chi connectivity index (χ4n) is 1.16. The Morgan fingerprint density at radius 1 is 1.50 bits per heavy atom. The van der Waals surface area contributed by atoms with Crippen LogP contribution in [-0.2, 0) is 4.79 Å². The molecule has 0 saturated carbocycles. The normalized spacial score (nSPS) is 34.7. The van der Waals surface area contributed by atoms with Gasteiger partial charge in [0.05, 0.1) is 6.04 Å². The van der Waals surface area contributed by atoms with Gasteiger partial charge in [-0.3, -0.25) is 4.79 Å². The summed E-state index contributed by atoms with van der Waals surface area (Å²) in [5.41, 5.74) is 0. The lowest BCUT2D eigenvalue weighted by Crippen LogP contribution is -2.40. The lowest BCUT2D eigenvalue weighted by molar-refractivity contribution is -0.161. The van der Waals surface area contributed by atoms with Crippen molar-refractivity contribution < 1.29 is 9.28 Å². The number of hydrogen-bond acceptors (Lipinski definition) is 1. The van der Waals surface area contributed by atoms with Gasteiger partial charge in [0.15, 0.2) is 0 Å². The summed E-state index contributed by atoms with van der Waals surface area (Å²) in [5, 5.41) is 0.355. The van der Waals surface area contributed by atoms with E-state index < -0.39 is 0 Å². The Kier molecular flexibility index (Phi) is 1.92. The number of amides is 1. The molecule has 1 aliphatic rings. The Balaban J connectivity index is 2.60. The van der Waals surface area contributed by atoms with Crippen LogP contribution in [0.4, 0.5) is 4.48 Å². The fourth-order valence-corrected chi connectivity index (χ4v) is 1.16. The summed E-state index contributed by atoms with van der Waals surface area (Å²) in [6.07, 6.45) is 1.60. The monoisotopic (exact) mass is 145 g/mol. The molecule has 0 spiro atoms. The van der Waals surface area contributed by atoms with Crippen molar-refractivity contribution in [2.24, 2.45) is 5.92 Å². The summed E-state index contributed by atoms with van der Waals surface area (Å²) in [6.45, 7) is 3.49. The quantitative estimate of drug-likeness (QED) is 0.473. The molecule has 58 valence electrons. The molecule has 1 fully saturated rings. The first-order valence-corrected chi connectivity index (χ1v) is 3.61. The van der Waals surface area contributed by atoms with E-state index in [0.717, 1.165) is 12.8 Å². The summed E-state index contributed by atoms with van der Waals surface area (Å²) in [7, 11) is 0. The van der Waals surface area contributed by atoms with E-state index in [2.05, 4.69) is 0 Å². The molecule has 2 unspecified atom stereocenters. The largest absolute Gasteiger partial charge is 0.272 e. The third-order valence-electron chi connectivity index (χ3n) is 2.04. The molecule has 2 nitrogen and oxygen atoms in total. The molecule has 1 heterocycles. The third kappa shape index (κ3) is 1.13. The van der Waals surface area contributed by atoms with E-state index in [9.17, 15) is 9.28 Å². The Bertz CT molecular complexity index is 149. The van der Waals surface area contributed by atoms with Crippen LogP contribution in [0.5, 0.6) is 0 Å². The first-order valence-electron chi connectivity index (χ1n) is 3.61. The molecule has 10 heavy (non-hydrogen) atoms. The van der Waals surface area contributed by atoms with Crippen molar-refractivity contribution in [1.82, 2.24) is 5.12 Å². The Morgan fingerprint density at radius 3 is 2.60 bits per heavy atom. The second kappa shape index (κ2) is 2.56. The molecular formula is C7H12FNO. The van der Waals surface area contributed by atoms with Crippen molar-refractivity contribution in [3.63, 3.8) is 0 Å². The van der Waals surface area contributed by atoms with E-state index >= 15 is 0 Å². The Hall–Kier alpha value is -0.600. The third-order valence-corrected chi connectivity index (χ3v) is 2.04. The van der Waals surface area contributed by atoms with Crippen LogP contribution in [0.3, 0.4) is 0 Å². The van der Waals surface area contributed by atoms with Crippen molar-refractivity contribution in [2.45, 2.75) is 32.7 Å². The van der Waals surface area contributed by atoms with E-state index in [-0.39, 0.29) is 17.9 Å². The van der Waals surface area contributed by atoms with Crippen LogP contribution in [0.25, 0.3) is 0 Å². The summed E-state index contributed by atoms with van der Waals surface area (Å²) in [6, 6.07) is -0.219. The summed E-state index contributed by atoms with van der Waals surface area (Å²) >= 11 is 0. The van der Waals surface area contributed by atoms with E-state index in [0.29, 0.717) is 5.12 Å². The number of halogens is 1. The lowest BCUT2D eigenvalue weighted by Gasteiger charge is -2.28. The zero-order valence-corrected chi connectivity index (χ0v) is 6.30. The van der Waals surface area contributed by atoms with E-state index in [4.69, 9.17) is 0 Å². The van der Waals surface area contributed by atoms with Crippen molar-refractivity contribution in [3.8, 4) is 0 Å². The summed E-state index contributed by atoms with van der Waals surface area (Å²) < 4.78 is 12.7. The molecule has 1 saturated heterocycles. The smallest absolute Gasteiger partial charge is 0.253 e. The molecule has 0 aromatic carbocycles. The molecule has 0 aromatic rings. The van der Waals surface area contributed by atoms with Gasteiger partial charge in [-0.25, -0.2) is 0 Å². The van der Waals surface area contributed by atoms with Gasteiger partial charge in [0.25, 0.3) is 5.91 Å². The highest BCUT2D eigenvalue weighted by molar-refractivity contribution is 5.78. The zero-order valence-electron chi connectivity index (χ0n) is 6.30. The van der Waals surface area contributed by atoms with Gasteiger partial charge in [-0.1, -0.05) is 11.4 Å². The lowest BCUT2D eigenvalue weighted by atomic mass is 9.96. The number of hydrogen-bond donors (Lipinski definition) is 0. The maximum atomic E-state index is 12.7. The van der Waals surface area contributed by atoms with Crippen LogP contribution in [0, 0.1) is 5.92 Å². The number of rotatable bonds is 0. The van der Waals surface area contributed by atoms with Crippen LogP contribution in [-0.4, -0.2) is 17.1 Å². The predicted octanol–water partition coefficient (Wildman–Crippen LogP) is 1.52. The summed E-state index contributed by atoms with van der Waals surface area (Å²) in [4.78, 5) is 10.9. The van der Waals surface area contributed by atoms with E-state index in [1.165, 1.54) is 0 Å². The van der Waals surface area contributed by atoms with Gasteiger partial charge in [-0.05, 0) is 19.8 Å². The van der Waals surface area contributed by atoms with Crippen LogP contribution >= 0.6 is 0 Å². The molecule has 0 aliphatic carbocycles. The van der Waals surface area contributed by atoms with E-state index in [1.807, 2.05) is 0 Å². The highest BCUT2D eigenvalue weighted by atomic mass is 19.2. The molecule has 0 aromatic heterocycles. The van der Waals surface area contributed by atoms with Crippen molar-refractivity contribution in [3.05, 3.63) is 0 Å². The zero-order chi connectivity index (χ0) is 7.72. The molecule has 2 atom stereocenters. The van der Waals surface area contributed by atoms with E-state index in [1.54, 1.807) is 13.8 Å². The molecule has 0 N–H and O–H groups in total. The average Bonchev–Trinajstić information content (AvgIpc) is 1.93. The number of carbonyl (C=O) groups excluding carboxylic acids is 1. The number of carbonyl (C=O) groups is 1. The van der Waals surface area contributed by atoms with Crippen molar-refractivity contribution in [1.29, 1.82) is 0 Å². The van der Waals surface area contributed by atoms with Gasteiger partial charge in [-0.15, -0.1) is 0 Å². The maximum absolute atomic E-state index is 12.7. The minimum absolute atomic E-state index is 0.124. The average molecular weight is 145 g/mol. The first kappa shape index (κ1) is 7.51. The first-order chi connectivity index (χ1) is 4.63. The fraction of sp³-hybridized carbons (Fsp3) is 0.857. The topological polar surface area (TPSA) is 20.3 Å². The van der Waals surface area contributed by atoms with Gasteiger partial charge in [0, 0.05) is 5.92 Å². The van der Waals surface area contributed by atoms with Gasteiger partial charge in [0.1, 0.15) is 0 Å².